The van der Waals surface area contributed by atoms with Crippen LogP contribution in [-0.4, -0.2) is 24.2 Å². The maximum absolute atomic E-state index is 5.84. The fourth-order valence-electron chi connectivity index (χ4n) is 1.58. The standard InChI is InChI=1S/C15H25NOS/c1-12-6-7-14(17-8-9-18-5)13(10-12)11-16-15(2,3)4/h6-7,10,16H,8-9,11H2,1-5H3. The quantitative estimate of drug-likeness (QED) is 0.795. The molecule has 1 aromatic rings. The monoisotopic (exact) mass is 267 g/mol. The second-order valence-corrected chi connectivity index (χ2v) is 6.54. The van der Waals surface area contributed by atoms with Crippen LogP contribution in [0.3, 0.4) is 0 Å². The summed E-state index contributed by atoms with van der Waals surface area (Å²) in [6, 6.07) is 6.39. The van der Waals surface area contributed by atoms with Crippen molar-refractivity contribution < 1.29 is 4.74 Å². The molecule has 0 aromatic heterocycles. The number of benzene rings is 1. The minimum atomic E-state index is 0.125. The van der Waals surface area contributed by atoms with Gasteiger partial charge in [0.25, 0.3) is 0 Å². The lowest BCUT2D eigenvalue weighted by molar-refractivity contribution is 0.335. The smallest absolute Gasteiger partial charge is 0.123 e. The first kappa shape index (κ1) is 15.4. The van der Waals surface area contributed by atoms with E-state index in [0.717, 1.165) is 24.7 Å². The lowest BCUT2D eigenvalue weighted by atomic mass is 10.1. The van der Waals surface area contributed by atoms with Crippen LogP contribution >= 0.6 is 11.8 Å². The molecule has 0 aliphatic heterocycles. The topological polar surface area (TPSA) is 21.3 Å². The maximum atomic E-state index is 5.84. The number of rotatable bonds is 6. The molecule has 0 aliphatic carbocycles. The van der Waals surface area contributed by atoms with Crippen molar-refractivity contribution in [3.8, 4) is 5.75 Å². The van der Waals surface area contributed by atoms with Crippen LogP contribution in [0.4, 0.5) is 0 Å². The molecule has 1 aromatic carbocycles. The van der Waals surface area contributed by atoms with E-state index < -0.39 is 0 Å². The van der Waals surface area contributed by atoms with Crippen LogP contribution in [0.5, 0.6) is 5.75 Å². The first-order valence-electron chi connectivity index (χ1n) is 6.38. The normalized spacial score (nSPS) is 11.6. The minimum Gasteiger partial charge on any atom is -0.492 e. The van der Waals surface area contributed by atoms with Gasteiger partial charge in [0, 0.05) is 23.4 Å². The van der Waals surface area contributed by atoms with E-state index in [1.807, 2.05) is 0 Å². The highest BCUT2D eigenvalue weighted by molar-refractivity contribution is 7.98. The van der Waals surface area contributed by atoms with E-state index in [-0.39, 0.29) is 5.54 Å². The first-order chi connectivity index (χ1) is 8.42. The first-order valence-corrected chi connectivity index (χ1v) is 7.78. The van der Waals surface area contributed by atoms with E-state index in [1.54, 1.807) is 11.8 Å². The van der Waals surface area contributed by atoms with Crippen LogP contribution in [0.15, 0.2) is 18.2 Å². The van der Waals surface area contributed by atoms with Gasteiger partial charge in [0.05, 0.1) is 6.61 Å². The number of hydrogen-bond acceptors (Lipinski definition) is 3. The van der Waals surface area contributed by atoms with Gasteiger partial charge in [0.2, 0.25) is 0 Å². The third-order valence-corrected chi connectivity index (χ3v) is 3.15. The lowest BCUT2D eigenvalue weighted by Gasteiger charge is -2.22. The summed E-state index contributed by atoms with van der Waals surface area (Å²) in [5.74, 6) is 2.03. The SMILES string of the molecule is CSCCOc1ccc(C)cc1CNC(C)(C)C. The molecule has 3 heteroatoms. The summed E-state index contributed by atoms with van der Waals surface area (Å²) in [4.78, 5) is 0. The summed E-state index contributed by atoms with van der Waals surface area (Å²) in [6.45, 7) is 10.3. The van der Waals surface area contributed by atoms with E-state index in [0.29, 0.717) is 0 Å². The molecule has 0 atom stereocenters. The van der Waals surface area contributed by atoms with Crippen LogP contribution in [0.1, 0.15) is 31.9 Å². The van der Waals surface area contributed by atoms with E-state index in [1.165, 1.54) is 11.1 Å². The zero-order valence-corrected chi connectivity index (χ0v) is 13.0. The summed E-state index contributed by atoms with van der Waals surface area (Å²) >= 11 is 1.81. The predicted octanol–water partition coefficient (Wildman–Crippen LogP) is 3.62. The van der Waals surface area contributed by atoms with Gasteiger partial charge in [-0.3, -0.25) is 0 Å². The molecule has 0 amide bonds. The van der Waals surface area contributed by atoms with Crippen molar-refractivity contribution in [3.63, 3.8) is 0 Å². The minimum absolute atomic E-state index is 0.125. The summed E-state index contributed by atoms with van der Waals surface area (Å²) in [5, 5.41) is 3.51. The molecule has 0 heterocycles. The largest absolute Gasteiger partial charge is 0.492 e. The molecule has 1 N–H and O–H groups in total. The second-order valence-electron chi connectivity index (χ2n) is 5.56. The molecule has 0 saturated heterocycles. The lowest BCUT2D eigenvalue weighted by Crippen LogP contribution is -2.35. The Labute approximate surface area is 116 Å². The average molecular weight is 267 g/mol. The molecule has 0 radical (unpaired) electrons. The van der Waals surface area contributed by atoms with Crippen LogP contribution in [0.25, 0.3) is 0 Å². The van der Waals surface area contributed by atoms with Gasteiger partial charge in [-0.15, -0.1) is 0 Å². The fourth-order valence-corrected chi connectivity index (χ4v) is 1.83. The van der Waals surface area contributed by atoms with E-state index in [4.69, 9.17) is 4.74 Å². The van der Waals surface area contributed by atoms with Crippen LogP contribution in [0.2, 0.25) is 0 Å². The molecule has 0 aliphatic rings. The van der Waals surface area contributed by atoms with Crippen molar-refractivity contribution in [1.82, 2.24) is 5.32 Å². The molecule has 2 nitrogen and oxygen atoms in total. The molecule has 0 spiro atoms. The van der Waals surface area contributed by atoms with Gasteiger partial charge in [-0.05, 0) is 40.0 Å². The zero-order chi connectivity index (χ0) is 13.6. The van der Waals surface area contributed by atoms with Crippen LogP contribution < -0.4 is 10.1 Å². The van der Waals surface area contributed by atoms with Crippen molar-refractivity contribution in [3.05, 3.63) is 29.3 Å². The van der Waals surface area contributed by atoms with E-state index in [9.17, 15) is 0 Å². The summed E-state index contributed by atoms with van der Waals surface area (Å²) in [7, 11) is 0. The Hall–Kier alpha value is -0.670. The highest BCUT2D eigenvalue weighted by Crippen LogP contribution is 2.21. The van der Waals surface area contributed by atoms with Gasteiger partial charge in [0.1, 0.15) is 5.75 Å². The van der Waals surface area contributed by atoms with Crippen molar-refractivity contribution in [2.75, 3.05) is 18.6 Å². The predicted molar refractivity (Wildman–Crippen MR) is 81.6 cm³/mol. The Kier molecular flexibility index (Phi) is 6.03. The van der Waals surface area contributed by atoms with Gasteiger partial charge in [-0.25, -0.2) is 0 Å². The van der Waals surface area contributed by atoms with Crippen molar-refractivity contribution in [1.29, 1.82) is 0 Å². The van der Waals surface area contributed by atoms with E-state index >= 15 is 0 Å². The molecule has 0 fully saturated rings. The van der Waals surface area contributed by atoms with Gasteiger partial charge >= 0.3 is 0 Å². The van der Waals surface area contributed by atoms with Crippen LogP contribution in [-0.2, 0) is 6.54 Å². The van der Waals surface area contributed by atoms with Gasteiger partial charge in [0.15, 0.2) is 0 Å². The third-order valence-electron chi connectivity index (χ3n) is 2.57. The molecule has 102 valence electrons. The summed E-state index contributed by atoms with van der Waals surface area (Å²) in [5.41, 5.74) is 2.64. The Bertz CT molecular complexity index is 371. The number of aryl methyl sites for hydroxylation is 1. The molecule has 18 heavy (non-hydrogen) atoms. The Morgan fingerprint density at radius 3 is 2.61 bits per heavy atom. The number of ether oxygens (including phenoxy) is 1. The van der Waals surface area contributed by atoms with E-state index in [2.05, 4.69) is 57.5 Å². The van der Waals surface area contributed by atoms with Gasteiger partial charge < -0.3 is 10.1 Å². The number of nitrogens with one attached hydrogen (secondary N) is 1. The van der Waals surface area contributed by atoms with Crippen molar-refractivity contribution >= 4 is 11.8 Å². The Morgan fingerprint density at radius 1 is 1.28 bits per heavy atom. The molecule has 1 rings (SSSR count). The van der Waals surface area contributed by atoms with Crippen LogP contribution in [0, 0.1) is 6.92 Å². The molecular formula is C15H25NOS. The molecule has 0 unspecified atom stereocenters. The fraction of sp³-hybridized carbons (Fsp3) is 0.600. The second kappa shape index (κ2) is 7.05. The summed E-state index contributed by atoms with van der Waals surface area (Å²) < 4.78 is 5.84. The molecule has 0 bridgehead atoms. The third kappa shape index (κ3) is 5.78. The maximum Gasteiger partial charge on any atom is 0.123 e. The average Bonchev–Trinajstić information content (AvgIpc) is 2.28. The van der Waals surface area contributed by atoms with Crippen molar-refractivity contribution in [2.45, 2.75) is 39.8 Å². The zero-order valence-electron chi connectivity index (χ0n) is 12.2. The Morgan fingerprint density at radius 2 is 2.00 bits per heavy atom. The number of hydrogen-bond donors (Lipinski definition) is 1. The number of thioether (sulfide) groups is 1. The molecular weight excluding hydrogens is 242 g/mol. The Balaban J connectivity index is 2.70. The van der Waals surface area contributed by atoms with Crippen molar-refractivity contribution in [2.24, 2.45) is 0 Å². The van der Waals surface area contributed by atoms with Gasteiger partial charge in [-0.2, -0.15) is 11.8 Å². The highest BCUT2D eigenvalue weighted by Gasteiger charge is 2.11. The summed E-state index contributed by atoms with van der Waals surface area (Å²) in [6.07, 6.45) is 2.10. The molecule has 0 saturated carbocycles. The highest BCUT2D eigenvalue weighted by atomic mass is 32.2. The van der Waals surface area contributed by atoms with Gasteiger partial charge in [-0.1, -0.05) is 17.7 Å².